The standard InChI is InChI=1S/C20H24ClN3O3S/c1-15-8-9-16(21)14-19(15)23-10-12-24(13-11-23)20(25)17-6-4-5-7-18(17)22(2)28(3,26)27/h4-9,14H,10-13H2,1-3H3. The van der Waals surface area contributed by atoms with Gasteiger partial charge in [0, 0.05) is 43.9 Å². The van der Waals surface area contributed by atoms with Crippen molar-refractivity contribution in [2.45, 2.75) is 6.92 Å². The van der Waals surface area contributed by atoms with Crippen LogP contribution in [-0.2, 0) is 10.0 Å². The van der Waals surface area contributed by atoms with Gasteiger partial charge >= 0.3 is 0 Å². The summed E-state index contributed by atoms with van der Waals surface area (Å²) in [5.74, 6) is -0.159. The van der Waals surface area contributed by atoms with Crippen molar-refractivity contribution in [3.63, 3.8) is 0 Å². The number of carbonyl (C=O) groups is 1. The molecule has 8 heteroatoms. The first kappa shape index (κ1) is 20.5. The van der Waals surface area contributed by atoms with Gasteiger partial charge in [-0.25, -0.2) is 8.42 Å². The van der Waals surface area contributed by atoms with Crippen LogP contribution in [0.1, 0.15) is 15.9 Å². The van der Waals surface area contributed by atoms with Gasteiger partial charge in [0.25, 0.3) is 5.91 Å². The Hall–Kier alpha value is -2.25. The third kappa shape index (κ3) is 4.25. The van der Waals surface area contributed by atoms with Crippen molar-refractivity contribution in [3.05, 3.63) is 58.6 Å². The fourth-order valence-corrected chi connectivity index (χ4v) is 4.03. The maximum Gasteiger partial charge on any atom is 0.256 e. The number of amides is 1. The molecular weight excluding hydrogens is 398 g/mol. The number of para-hydroxylation sites is 1. The van der Waals surface area contributed by atoms with Gasteiger partial charge in [-0.3, -0.25) is 9.10 Å². The lowest BCUT2D eigenvalue weighted by Gasteiger charge is -2.37. The number of piperazine rings is 1. The monoisotopic (exact) mass is 421 g/mol. The molecule has 1 aliphatic rings. The molecule has 0 saturated carbocycles. The van der Waals surface area contributed by atoms with Crippen LogP contribution >= 0.6 is 11.6 Å². The summed E-state index contributed by atoms with van der Waals surface area (Å²) in [6, 6.07) is 12.6. The van der Waals surface area contributed by atoms with Crippen molar-refractivity contribution in [1.29, 1.82) is 0 Å². The molecule has 0 bridgehead atoms. The van der Waals surface area contributed by atoms with Gasteiger partial charge in [-0.1, -0.05) is 29.8 Å². The molecular formula is C20H24ClN3O3S. The van der Waals surface area contributed by atoms with Gasteiger partial charge in [0.05, 0.1) is 17.5 Å². The van der Waals surface area contributed by atoms with Gasteiger partial charge in [-0.2, -0.15) is 0 Å². The normalized spacial score (nSPS) is 14.9. The van der Waals surface area contributed by atoms with E-state index in [9.17, 15) is 13.2 Å². The minimum absolute atomic E-state index is 0.159. The van der Waals surface area contributed by atoms with E-state index in [1.54, 1.807) is 29.2 Å². The summed E-state index contributed by atoms with van der Waals surface area (Å²) in [6.07, 6.45) is 1.13. The molecule has 0 spiro atoms. The summed E-state index contributed by atoms with van der Waals surface area (Å²) >= 11 is 6.13. The summed E-state index contributed by atoms with van der Waals surface area (Å²) < 4.78 is 25.0. The Morgan fingerprint density at radius 2 is 1.71 bits per heavy atom. The molecule has 1 aliphatic heterocycles. The van der Waals surface area contributed by atoms with E-state index in [1.807, 2.05) is 25.1 Å². The first-order chi connectivity index (χ1) is 13.2. The molecule has 0 atom stereocenters. The fraction of sp³-hybridized carbons (Fsp3) is 0.350. The van der Waals surface area contributed by atoms with Crippen molar-refractivity contribution in [3.8, 4) is 0 Å². The Bertz CT molecular complexity index is 986. The first-order valence-corrected chi connectivity index (χ1v) is 11.2. The number of nitrogens with zero attached hydrogens (tertiary/aromatic N) is 3. The van der Waals surface area contributed by atoms with Gasteiger partial charge in [-0.05, 0) is 36.8 Å². The quantitative estimate of drug-likeness (QED) is 0.761. The molecule has 3 rings (SSSR count). The highest BCUT2D eigenvalue weighted by molar-refractivity contribution is 7.92. The molecule has 0 radical (unpaired) electrons. The fourth-order valence-electron chi connectivity index (χ4n) is 3.35. The number of aryl methyl sites for hydroxylation is 1. The first-order valence-electron chi connectivity index (χ1n) is 9.02. The second-order valence-electron chi connectivity index (χ2n) is 6.96. The summed E-state index contributed by atoms with van der Waals surface area (Å²) in [7, 11) is -1.99. The lowest BCUT2D eigenvalue weighted by atomic mass is 10.1. The predicted octanol–water partition coefficient (Wildman–Crippen LogP) is 3.01. The van der Waals surface area contributed by atoms with Crippen LogP contribution in [0.25, 0.3) is 0 Å². The molecule has 6 nitrogen and oxygen atoms in total. The molecule has 0 unspecified atom stereocenters. The van der Waals surface area contributed by atoms with Crippen LogP contribution in [0.5, 0.6) is 0 Å². The van der Waals surface area contributed by atoms with E-state index >= 15 is 0 Å². The summed E-state index contributed by atoms with van der Waals surface area (Å²) in [4.78, 5) is 17.1. The zero-order valence-electron chi connectivity index (χ0n) is 16.2. The van der Waals surface area contributed by atoms with Crippen molar-refractivity contribution in [1.82, 2.24) is 4.90 Å². The van der Waals surface area contributed by atoms with Gasteiger partial charge in [0.15, 0.2) is 0 Å². The van der Waals surface area contributed by atoms with Crippen LogP contribution in [0.15, 0.2) is 42.5 Å². The number of benzene rings is 2. The van der Waals surface area contributed by atoms with Crippen LogP contribution in [0.4, 0.5) is 11.4 Å². The minimum Gasteiger partial charge on any atom is -0.368 e. The Labute approximate surface area is 171 Å². The third-order valence-corrected chi connectivity index (χ3v) is 6.48. The van der Waals surface area contributed by atoms with E-state index in [1.165, 1.54) is 7.05 Å². The highest BCUT2D eigenvalue weighted by atomic mass is 35.5. The molecule has 0 aliphatic carbocycles. The summed E-state index contributed by atoms with van der Waals surface area (Å²) in [6.45, 7) is 4.54. The second-order valence-corrected chi connectivity index (χ2v) is 9.41. The van der Waals surface area contributed by atoms with E-state index in [0.717, 1.165) is 21.8 Å². The van der Waals surface area contributed by atoms with Gasteiger partial charge in [0.1, 0.15) is 0 Å². The molecule has 1 heterocycles. The highest BCUT2D eigenvalue weighted by Gasteiger charge is 2.26. The largest absolute Gasteiger partial charge is 0.368 e. The van der Waals surface area contributed by atoms with Gasteiger partial charge in [0.2, 0.25) is 10.0 Å². The maximum atomic E-state index is 13.1. The lowest BCUT2D eigenvalue weighted by molar-refractivity contribution is 0.0747. The Morgan fingerprint density at radius 1 is 1.07 bits per heavy atom. The van der Waals surface area contributed by atoms with E-state index < -0.39 is 10.0 Å². The number of rotatable bonds is 4. The number of hydrogen-bond acceptors (Lipinski definition) is 4. The number of halogens is 1. The predicted molar refractivity (Wildman–Crippen MR) is 114 cm³/mol. The van der Waals surface area contributed by atoms with Crippen LogP contribution in [-0.4, -0.2) is 58.7 Å². The van der Waals surface area contributed by atoms with Gasteiger partial charge in [-0.15, -0.1) is 0 Å². The van der Waals surface area contributed by atoms with Crippen molar-refractivity contribution in [2.75, 3.05) is 48.7 Å². The molecule has 150 valence electrons. The smallest absolute Gasteiger partial charge is 0.256 e. The minimum atomic E-state index is -3.45. The van der Waals surface area contributed by atoms with Crippen LogP contribution in [0.3, 0.4) is 0 Å². The van der Waals surface area contributed by atoms with Crippen LogP contribution < -0.4 is 9.21 Å². The summed E-state index contributed by atoms with van der Waals surface area (Å²) in [5.41, 5.74) is 3.01. The third-order valence-electron chi connectivity index (χ3n) is 5.05. The summed E-state index contributed by atoms with van der Waals surface area (Å²) in [5, 5.41) is 0.692. The molecule has 1 saturated heterocycles. The van der Waals surface area contributed by atoms with Crippen molar-refractivity contribution in [2.24, 2.45) is 0 Å². The number of carbonyl (C=O) groups excluding carboxylic acids is 1. The number of anilines is 2. The SMILES string of the molecule is Cc1ccc(Cl)cc1N1CCN(C(=O)c2ccccc2N(C)S(C)(=O)=O)CC1. The van der Waals surface area contributed by atoms with E-state index in [4.69, 9.17) is 11.6 Å². The van der Waals surface area contributed by atoms with E-state index in [2.05, 4.69) is 4.90 Å². The van der Waals surface area contributed by atoms with E-state index in [0.29, 0.717) is 42.5 Å². The van der Waals surface area contributed by atoms with Crippen LogP contribution in [0, 0.1) is 6.92 Å². The lowest BCUT2D eigenvalue weighted by Crippen LogP contribution is -2.49. The van der Waals surface area contributed by atoms with Gasteiger partial charge < -0.3 is 9.80 Å². The van der Waals surface area contributed by atoms with Crippen LogP contribution in [0.2, 0.25) is 5.02 Å². The topological polar surface area (TPSA) is 60.9 Å². The molecule has 28 heavy (non-hydrogen) atoms. The molecule has 0 N–H and O–H groups in total. The molecule has 1 amide bonds. The number of hydrogen-bond donors (Lipinski definition) is 0. The molecule has 0 aromatic heterocycles. The average Bonchev–Trinajstić information content (AvgIpc) is 2.68. The Kier molecular flexibility index (Phi) is 5.86. The molecule has 2 aromatic rings. The van der Waals surface area contributed by atoms with Crippen molar-refractivity contribution >= 4 is 38.9 Å². The van der Waals surface area contributed by atoms with E-state index in [-0.39, 0.29) is 5.91 Å². The Balaban J connectivity index is 1.77. The van der Waals surface area contributed by atoms with Crippen molar-refractivity contribution < 1.29 is 13.2 Å². The second kappa shape index (κ2) is 8.01. The Morgan fingerprint density at radius 3 is 2.36 bits per heavy atom. The zero-order valence-corrected chi connectivity index (χ0v) is 17.8. The average molecular weight is 422 g/mol. The number of sulfonamides is 1. The molecule has 2 aromatic carbocycles. The zero-order chi connectivity index (χ0) is 20.5. The highest BCUT2D eigenvalue weighted by Crippen LogP contribution is 2.27. The maximum absolute atomic E-state index is 13.1. The molecule has 1 fully saturated rings.